The molecule has 0 unspecified atom stereocenters. The van der Waals surface area contributed by atoms with Crippen molar-refractivity contribution in [3.05, 3.63) is 48.0 Å². The van der Waals surface area contributed by atoms with Gasteiger partial charge in [0, 0.05) is 30.4 Å². The van der Waals surface area contributed by atoms with Crippen molar-refractivity contribution >= 4 is 11.6 Å². The van der Waals surface area contributed by atoms with Crippen molar-refractivity contribution < 1.29 is 19.0 Å². The molecule has 1 amide bonds. The molecule has 3 rings (SSSR count). The molecule has 1 aliphatic carbocycles. The molecule has 1 saturated carbocycles. The molecule has 0 aromatic heterocycles. The summed E-state index contributed by atoms with van der Waals surface area (Å²) in [5.41, 5.74) is 1.83. The van der Waals surface area contributed by atoms with Crippen molar-refractivity contribution in [1.29, 1.82) is 0 Å². The molecular weight excluding hydrogens is 344 g/mol. The maximum atomic E-state index is 12.6. The third-order valence-corrected chi connectivity index (χ3v) is 4.59. The Hall–Kier alpha value is -2.73. The highest BCUT2D eigenvalue weighted by Gasteiger charge is 2.30. The van der Waals surface area contributed by atoms with Crippen LogP contribution in [0.25, 0.3) is 0 Å². The first kappa shape index (κ1) is 19.0. The zero-order valence-corrected chi connectivity index (χ0v) is 16.0. The van der Waals surface area contributed by atoms with Gasteiger partial charge in [-0.1, -0.05) is 30.3 Å². The van der Waals surface area contributed by atoms with E-state index in [1.807, 2.05) is 18.2 Å². The lowest BCUT2D eigenvalue weighted by molar-refractivity contribution is -0.117. The Labute approximate surface area is 160 Å². The summed E-state index contributed by atoms with van der Waals surface area (Å²) in [6.07, 6.45) is 2.29. The van der Waals surface area contributed by atoms with Gasteiger partial charge in [-0.3, -0.25) is 9.69 Å². The van der Waals surface area contributed by atoms with Gasteiger partial charge in [0.1, 0.15) is 0 Å². The Bertz CT molecular complexity index is 750. The van der Waals surface area contributed by atoms with Crippen molar-refractivity contribution in [1.82, 2.24) is 4.90 Å². The van der Waals surface area contributed by atoms with Gasteiger partial charge in [0.25, 0.3) is 0 Å². The maximum absolute atomic E-state index is 12.6. The normalized spacial score (nSPS) is 13.3. The minimum Gasteiger partial charge on any atom is -0.493 e. The second-order valence-corrected chi connectivity index (χ2v) is 6.58. The van der Waals surface area contributed by atoms with Gasteiger partial charge < -0.3 is 19.5 Å². The lowest BCUT2D eigenvalue weighted by Gasteiger charge is -2.22. The molecule has 6 heteroatoms. The van der Waals surface area contributed by atoms with Gasteiger partial charge in [-0.05, 0) is 18.4 Å². The summed E-state index contributed by atoms with van der Waals surface area (Å²) >= 11 is 0. The number of carbonyl (C=O) groups excluding carboxylic acids is 1. The van der Waals surface area contributed by atoms with Crippen LogP contribution < -0.4 is 19.5 Å². The SMILES string of the molecule is COc1cc(NC(=O)CN(Cc2ccccc2)C2CC2)cc(OC)c1OC. The summed E-state index contributed by atoms with van der Waals surface area (Å²) in [5.74, 6) is 1.46. The van der Waals surface area contributed by atoms with Crippen LogP contribution in [0.3, 0.4) is 0 Å². The monoisotopic (exact) mass is 370 g/mol. The van der Waals surface area contributed by atoms with E-state index in [1.54, 1.807) is 33.5 Å². The molecule has 6 nitrogen and oxygen atoms in total. The second-order valence-electron chi connectivity index (χ2n) is 6.58. The number of anilines is 1. The van der Waals surface area contributed by atoms with E-state index in [2.05, 4.69) is 22.3 Å². The van der Waals surface area contributed by atoms with Crippen molar-refractivity contribution in [3.63, 3.8) is 0 Å². The number of hydrogen-bond acceptors (Lipinski definition) is 5. The Balaban J connectivity index is 1.69. The lowest BCUT2D eigenvalue weighted by Crippen LogP contribution is -2.34. The largest absolute Gasteiger partial charge is 0.493 e. The number of nitrogens with one attached hydrogen (secondary N) is 1. The molecule has 0 saturated heterocycles. The zero-order chi connectivity index (χ0) is 19.2. The van der Waals surface area contributed by atoms with Gasteiger partial charge in [-0.25, -0.2) is 0 Å². The maximum Gasteiger partial charge on any atom is 0.238 e. The fraction of sp³-hybridized carbons (Fsp3) is 0.381. The molecule has 1 fully saturated rings. The van der Waals surface area contributed by atoms with Crippen LogP contribution in [0.15, 0.2) is 42.5 Å². The van der Waals surface area contributed by atoms with Crippen molar-refractivity contribution in [2.24, 2.45) is 0 Å². The summed E-state index contributed by atoms with van der Waals surface area (Å²) in [6, 6.07) is 14.2. The van der Waals surface area contributed by atoms with E-state index in [4.69, 9.17) is 14.2 Å². The van der Waals surface area contributed by atoms with E-state index in [1.165, 1.54) is 5.56 Å². The van der Waals surface area contributed by atoms with Gasteiger partial charge in [0.05, 0.1) is 27.9 Å². The quantitative estimate of drug-likeness (QED) is 0.734. The highest BCUT2D eigenvalue weighted by molar-refractivity contribution is 5.93. The Morgan fingerprint density at radius 3 is 2.19 bits per heavy atom. The molecule has 1 N–H and O–H groups in total. The number of hydrogen-bond donors (Lipinski definition) is 1. The second kappa shape index (κ2) is 8.77. The molecule has 0 aliphatic heterocycles. The van der Waals surface area contributed by atoms with Crippen LogP contribution in [0, 0.1) is 0 Å². The molecular formula is C21H26N2O4. The van der Waals surface area contributed by atoms with Gasteiger partial charge in [-0.15, -0.1) is 0 Å². The summed E-state index contributed by atoms with van der Waals surface area (Å²) in [7, 11) is 4.66. The predicted molar refractivity (Wildman–Crippen MR) is 105 cm³/mol. The summed E-state index contributed by atoms with van der Waals surface area (Å²) < 4.78 is 16.0. The van der Waals surface area contributed by atoms with E-state index in [0.29, 0.717) is 35.5 Å². The molecule has 2 aromatic rings. The standard InChI is InChI=1S/C21H26N2O4/c1-25-18-11-16(12-19(26-2)21(18)27-3)22-20(24)14-23(17-9-10-17)13-15-7-5-4-6-8-15/h4-8,11-12,17H,9-10,13-14H2,1-3H3,(H,22,24). The molecule has 0 spiro atoms. The van der Waals surface area contributed by atoms with Crippen LogP contribution in [-0.4, -0.2) is 44.7 Å². The predicted octanol–water partition coefficient (Wildman–Crippen LogP) is 3.32. The first-order valence-corrected chi connectivity index (χ1v) is 9.02. The van der Waals surface area contributed by atoms with E-state index < -0.39 is 0 Å². The topological polar surface area (TPSA) is 60.0 Å². The smallest absolute Gasteiger partial charge is 0.238 e. The Morgan fingerprint density at radius 2 is 1.67 bits per heavy atom. The van der Waals surface area contributed by atoms with Gasteiger partial charge in [-0.2, -0.15) is 0 Å². The molecule has 2 aromatic carbocycles. The van der Waals surface area contributed by atoms with Crippen molar-refractivity contribution in [2.75, 3.05) is 33.2 Å². The Kier molecular flexibility index (Phi) is 6.19. The number of benzene rings is 2. The molecule has 0 heterocycles. The lowest BCUT2D eigenvalue weighted by atomic mass is 10.2. The highest BCUT2D eigenvalue weighted by Crippen LogP contribution is 2.40. The fourth-order valence-corrected chi connectivity index (χ4v) is 3.11. The molecule has 0 radical (unpaired) electrons. The number of rotatable bonds is 9. The van der Waals surface area contributed by atoms with E-state index in [-0.39, 0.29) is 5.91 Å². The van der Waals surface area contributed by atoms with Crippen LogP contribution in [0.5, 0.6) is 17.2 Å². The Morgan fingerprint density at radius 1 is 1.04 bits per heavy atom. The molecule has 0 atom stereocenters. The number of nitrogens with zero attached hydrogens (tertiary/aromatic N) is 1. The number of methoxy groups -OCH3 is 3. The minimum absolute atomic E-state index is 0.0629. The average molecular weight is 370 g/mol. The molecule has 1 aliphatic rings. The van der Waals surface area contributed by atoms with Gasteiger partial charge in [0.2, 0.25) is 11.7 Å². The average Bonchev–Trinajstić information content (AvgIpc) is 3.52. The summed E-state index contributed by atoms with van der Waals surface area (Å²) in [5, 5.41) is 2.95. The van der Waals surface area contributed by atoms with Crippen LogP contribution in [0.2, 0.25) is 0 Å². The van der Waals surface area contributed by atoms with E-state index in [0.717, 1.165) is 19.4 Å². The third kappa shape index (κ3) is 4.92. The molecule has 144 valence electrons. The van der Waals surface area contributed by atoms with Crippen LogP contribution in [0.1, 0.15) is 18.4 Å². The van der Waals surface area contributed by atoms with Crippen molar-refractivity contribution in [2.45, 2.75) is 25.4 Å². The first-order valence-electron chi connectivity index (χ1n) is 9.02. The number of amides is 1. The number of carbonyl (C=O) groups is 1. The summed E-state index contributed by atoms with van der Waals surface area (Å²) in [4.78, 5) is 14.9. The summed E-state index contributed by atoms with van der Waals surface area (Å²) in [6.45, 7) is 1.12. The number of ether oxygens (including phenoxy) is 3. The van der Waals surface area contributed by atoms with Gasteiger partial charge in [0.15, 0.2) is 11.5 Å². The highest BCUT2D eigenvalue weighted by atomic mass is 16.5. The zero-order valence-electron chi connectivity index (χ0n) is 16.0. The third-order valence-electron chi connectivity index (χ3n) is 4.59. The van der Waals surface area contributed by atoms with Crippen LogP contribution in [-0.2, 0) is 11.3 Å². The van der Waals surface area contributed by atoms with E-state index in [9.17, 15) is 4.79 Å². The van der Waals surface area contributed by atoms with E-state index >= 15 is 0 Å². The van der Waals surface area contributed by atoms with Crippen LogP contribution >= 0.6 is 0 Å². The first-order chi connectivity index (χ1) is 13.1. The molecule has 27 heavy (non-hydrogen) atoms. The minimum atomic E-state index is -0.0629. The molecule has 0 bridgehead atoms. The van der Waals surface area contributed by atoms with Crippen molar-refractivity contribution in [3.8, 4) is 17.2 Å². The fourth-order valence-electron chi connectivity index (χ4n) is 3.11. The van der Waals surface area contributed by atoms with Gasteiger partial charge >= 0.3 is 0 Å². The van der Waals surface area contributed by atoms with Crippen LogP contribution in [0.4, 0.5) is 5.69 Å².